The number of carbonyl (C=O) groups excluding carboxylic acids is 2. The molecule has 0 aliphatic carbocycles. The Morgan fingerprint density at radius 2 is 1.78 bits per heavy atom. The van der Waals surface area contributed by atoms with Gasteiger partial charge in [-0.15, -0.1) is 0 Å². The van der Waals surface area contributed by atoms with Crippen LogP contribution in [0.3, 0.4) is 0 Å². The predicted octanol–water partition coefficient (Wildman–Crippen LogP) is 3.00. The van der Waals surface area contributed by atoms with E-state index < -0.39 is 5.82 Å². The van der Waals surface area contributed by atoms with Crippen LogP contribution in [0.5, 0.6) is 0 Å². The van der Waals surface area contributed by atoms with Gasteiger partial charge in [-0.05, 0) is 36.4 Å². The summed E-state index contributed by atoms with van der Waals surface area (Å²) in [4.78, 5) is 26.8. The molecule has 3 aromatic rings. The molecule has 1 aliphatic rings. The van der Waals surface area contributed by atoms with Crippen molar-refractivity contribution in [2.45, 2.75) is 13.0 Å². The fourth-order valence-corrected chi connectivity index (χ4v) is 3.12. The lowest BCUT2D eigenvalue weighted by atomic mass is 10.1. The first-order valence-corrected chi connectivity index (χ1v) is 8.59. The fourth-order valence-electron chi connectivity index (χ4n) is 3.12. The van der Waals surface area contributed by atoms with Gasteiger partial charge in [0.15, 0.2) is 5.82 Å². The summed E-state index contributed by atoms with van der Waals surface area (Å²) in [7, 11) is 0. The summed E-state index contributed by atoms with van der Waals surface area (Å²) >= 11 is 0. The smallest absolute Gasteiger partial charge is 0.256 e. The standard InChI is InChI=1S/C20H17FN4O2/c21-15-8-6-13(7-9-15)19(26)22-18-16-12-25(11-10-17(16)23-24-18)20(27)14-4-2-1-3-5-14/h1-9H,10-12H2,(H2,22,23,24,26). The van der Waals surface area contributed by atoms with E-state index in [4.69, 9.17) is 0 Å². The van der Waals surface area contributed by atoms with E-state index in [0.717, 1.165) is 11.3 Å². The van der Waals surface area contributed by atoms with Crippen LogP contribution in [-0.2, 0) is 13.0 Å². The van der Waals surface area contributed by atoms with E-state index in [1.807, 2.05) is 18.2 Å². The zero-order chi connectivity index (χ0) is 18.8. The van der Waals surface area contributed by atoms with E-state index in [2.05, 4.69) is 15.5 Å². The van der Waals surface area contributed by atoms with Crippen LogP contribution in [0.25, 0.3) is 0 Å². The maximum absolute atomic E-state index is 13.0. The number of halogens is 1. The molecule has 136 valence electrons. The summed E-state index contributed by atoms with van der Waals surface area (Å²) in [5.74, 6) is -0.447. The zero-order valence-corrected chi connectivity index (χ0v) is 14.4. The van der Waals surface area contributed by atoms with Crippen LogP contribution in [0.1, 0.15) is 32.0 Å². The Bertz CT molecular complexity index is 983. The van der Waals surface area contributed by atoms with Crippen molar-refractivity contribution >= 4 is 17.6 Å². The highest BCUT2D eigenvalue weighted by Gasteiger charge is 2.26. The second-order valence-corrected chi connectivity index (χ2v) is 6.33. The van der Waals surface area contributed by atoms with Crippen molar-refractivity contribution in [1.82, 2.24) is 15.1 Å². The third-order valence-corrected chi connectivity index (χ3v) is 4.58. The average Bonchev–Trinajstić information content (AvgIpc) is 3.10. The average molecular weight is 364 g/mol. The third kappa shape index (κ3) is 3.44. The van der Waals surface area contributed by atoms with Crippen LogP contribution in [0.15, 0.2) is 54.6 Å². The number of H-pyrrole nitrogens is 1. The lowest BCUT2D eigenvalue weighted by Gasteiger charge is -2.27. The Balaban J connectivity index is 1.52. The number of benzene rings is 2. The van der Waals surface area contributed by atoms with Crippen molar-refractivity contribution in [3.63, 3.8) is 0 Å². The zero-order valence-electron chi connectivity index (χ0n) is 14.4. The van der Waals surface area contributed by atoms with E-state index in [1.54, 1.807) is 17.0 Å². The molecule has 0 atom stereocenters. The number of fused-ring (bicyclic) bond motifs is 1. The van der Waals surface area contributed by atoms with E-state index >= 15 is 0 Å². The van der Waals surface area contributed by atoms with Crippen LogP contribution < -0.4 is 5.32 Å². The minimum atomic E-state index is -0.404. The topological polar surface area (TPSA) is 78.1 Å². The molecule has 0 spiro atoms. The van der Waals surface area contributed by atoms with E-state index in [9.17, 15) is 14.0 Å². The summed E-state index contributed by atoms with van der Waals surface area (Å²) < 4.78 is 13.0. The van der Waals surface area contributed by atoms with Crippen LogP contribution in [-0.4, -0.2) is 33.5 Å². The first-order chi connectivity index (χ1) is 13.1. The monoisotopic (exact) mass is 364 g/mol. The molecule has 1 aromatic heterocycles. The summed E-state index contributed by atoms with van der Waals surface area (Å²) in [6, 6.07) is 14.4. The maximum atomic E-state index is 13.0. The molecule has 0 bridgehead atoms. The normalized spacial score (nSPS) is 13.1. The van der Waals surface area contributed by atoms with E-state index in [0.29, 0.717) is 36.5 Å². The number of rotatable bonds is 3. The van der Waals surface area contributed by atoms with Gasteiger partial charge >= 0.3 is 0 Å². The molecule has 0 saturated heterocycles. The van der Waals surface area contributed by atoms with Crippen molar-refractivity contribution in [2.75, 3.05) is 11.9 Å². The lowest BCUT2D eigenvalue weighted by molar-refractivity contribution is 0.0734. The molecule has 2 heterocycles. The Morgan fingerprint density at radius 3 is 2.52 bits per heavy atom. The molecule has 6 nitrogen and oxygen atoms in total. The molecular weight excluding hydrogens is 347 g/mol. The lowest BCUT2D eigenvalue weighted by Crippen LogP contribution is -2.36. The van der Waals surface area contributed by atoms with Crippen molar-refractivity contribution in [3.8, 4) is 0 Å². The van der Waals surface area contributed by atoms with Crippen molar-refractivity contribution in [2.24, 2.45) is 0 Å². The van der Waals surface area contributed by atoms with Gasteiger partial charge in [0, 0.05) is 35.3 Å². The SMILES string of the molecule is O=C(Nc1n[nH]c2c1CN(C(=O)c1ccccc1)CC2)c1ccc(F)cc1. The molecular formula is C20H17FN4O2. The number of aromatic nitrogens is 2. The Kier molecular flexibility index (Phi) is 4.42. The van der Waals surface area contributed by atoms with Gasteiger partial charge in [0.25, 0.3) is 11.8 Å². The summed E-state index contributed by atoms with van der Waals surface area (Å²) in [5.41, 5.74) is 2.66. The van der Waals surface area contributed by atoms with Crippen molar-refractivity contribution < 1.29 is 14.0 Å². The summed E-state index contributed by atoms with van der Waals surface area (Å²) in [6.07, 6.45) is 0.632. The van der Waals surface area contributed by atoms with Gasteiger partial charge in [-0.1, -0.05) is 18.2 Å². The highest BCUT2D eigenvalue weighted by atomic mass is 19.1. The Morgan fingerprint density at radius 1 is 1.04 bits per heavy atom. The van der Waals surface area contributed by atoms with Gasteiger partial charge in [0.05, 0.1) is 6.54 Å². The van der Waals surface area contributed by atoms with Crippen molar-refractivity contribution in [3.05, 3.63) is 82.8 Å². The number of nitrogens with zero attached hydrogens (tertiary/aromatic N) is 2. The van der Waals surface area contributed by atoms with Crippen LogP contribution >= 0.6 is 0 Å². The Labute approximate surface area is 155 Å². The number of anilines is 1. The van der Waals surface area contributed by atoms with Gasteiger partial charge < -0.3 is 10.2 Å². The minimum Gasteiger partial charge on any atom is -0.334 e. The largest absolute Gasteiger partial charge is 0.334 e. The molecule has 1 aliphatic heterocycles. The molecule has 2 aromatic carbocycles. The quantitative estimate of drug-likeness (QED) is 0.750. The molecule has 0 unspecified atom stereocenters. The maximum Gasteiger partial charge on any atom is 0.256 e. The third-order valence-electron chi connectivity index (χ3n) is 4.58. The molecule has 27 heavy (non-hydrogen) atoms. The first-order valence-electron chi connectivity index (χ1n) is 8.59. The number of aromatic amines is 1. The molecule has 7 heteroatoms. The van der Waals surface area contributed by atoms with Gasteiger partial charge in [-0.3, -0.25) is 14.7 Å². The molecule has 0 fully saturated rings. The highest BCUT2D eigenvalue weighted by molar-refractivity contribution is 6.04. The van der Waals surface area contributed by atoms with Crippen LogP contribution in [0, 0.1) is 5.82 Å². The van der Waals surface area contributed by atoms with Gasteiger partial charge in [-0.25, -0.2) is 4.39 Å². The fraction of sp³-hybridized carbons (Fsp3) is 0.150. The van der Waals surface area contributed by atoms with Gasteiger partial charge in [0.1, 0.15) is 5.82 Å². The number of amides is 2. The Hall–Kier alpha value is -3.48. The number of hydrogen-bond acceptors (Lipinski definition) is 3. The van der Waals surface area contributed by atoms with E-state index in [1.165, 1.54) is 24.3 Å². The second kappa shape index (κ2) is 7.03. The van der Waals surface area contributed by atoms with Crippen LogP contribution in [0.2, 0.25) is 0 Å². The van der Waals surface area contributed by atoms with Gasteiger partial charge in [-0.2, -0.15) is 5.10 Å². The summed E-state index contributed by atoms with van der Waals surface area (Å²) in [6.45, 7) is 0.937. The molecule has 0 saturated carbocycles. The van der Waals surface area contributed by atoms with Crippen molar-refractivity contribution in [1.29, 1.82) is 0 Å². The predicted molar refractivity (Wildman–Crippen MR) is 97.8 cm³/mol. The second-order valence-electron chi connectivity index (χ2n) is 6.33. The van der Waals surface area contributed by atoms with E-state index in [-0.39, 0.29) is 11.8 Å². The summed E-state index contributed by atoms with van der Waals surface area (Å²) in [5, 5.41) is 9.85. The van der Waals surface area contributed by atoms with Gasteiger partial charge in [0.2, 0.25) is 0 Å². The number of hydrogen-bond donors (Lipinski definition) is 2. The molecule has 2 N–H and O–H groups in total. The number of carbonyl (C=O) groups is 2. The molecule has 4 rings (SSSR count). The minimum absolute atomic E-state index is 0.0572. The van der Waals surface area contributed by atoms with Crippen LogP contribution in [0.4, 0.5) is 10.2 Å². The first kappa shape index (κ1) is 17.0. The highest BCUT2D eigenvalue weighted by Crippen LogP contribution is 2.25. The molecule has 2 amide bonds. The number of nitrogens with one attached hydrogen (secondary N) is 2. The molecule has 0 radical (unpaired) electrons.